The Balaban J connectivity index is 2.44. The van der Waals surface area contributed by atoms with Crippen LogP contribution >= 0.6 is 0 Å². The summed E-state index contributed by atoms with van der Waals surface area (Å²) >= 11 is 0. The smallest absolute Gasteiger partial charge is 0.326 e. The van der Waals surface area contributed by atoms with Crippen LogP contribution in [0.4, 0.5) is 4.79 Å². The molecular weight excluding hydrogens is 226 g/mol. The summed E-state index contributed by atoms with van der Waals surface area (Å²) in [4.78, 5) is 35.2. The second kappa shape index (κ2) is 5.51. The van der Waals surface area contributed by atoms with Crippen molar-refractivity contribution in [3.63, 3.8) is 0 Å². The number of urea groups is 1. The van der Waals surface area contributed by atoms with Crippen LogP contribution in [-0.2, 0) is 9.59 Å². The summed E-state index contributed by atoms with van der Waals surface area (Å²) in [6.45, 7) is 2.26. The molecule has 1 aliphatic rings. The number of rotatable bonds is 4. The van der Waals surface area contributed by atoms with Crippen molar-refractivity contribution in [1.82, 2.24) is 15.5 Å². The fraction of sp³-hybridized carbons (Fsp3) is 0.700. The van der Waals surface area contributed by atoms with Crippen LogP contribution in [0.25, 0.3) is 0 Å². The van der Waals surface area contributed by atoms with Gasteiger partial charge in [-0.05, 0) is 12.8 Å². The van der Waals surface area contributed by atoms with Crippen LogP contribution in [-0.4, -0.2) is 53.6 Å². The molecule has 0 saturated carbocycles. The molecule has 17 heavy (non-hydrogen) atoms. The fourth-order valence-corrected chi connectivity index (χ4v) is 1.65. The molecule has 1 heterocycles. The highest BCUT2D eigenvalue weighted by Crippen LogP contribution is 2.08. The summed E-state index contributed by atoms with van der Waals surface area (Å²) in [5.41, 5.74) is 0. The number of carboxylic acids is 1. The Hall–Kier alpha value is -1.79. The number of nitrogens with one attached hydrogen (secondary N) is 2. The van der Waals surface area contributed by atoms with Crippen LogP contribution in [0.15, 0.2) is 0 Å². The predicted octanol–water partition coefficient (Wildman–Crippen LogP) is -0.620. The molecule has 1 unspecified atom stereocenters. The van der Waals surface area contributed by atoms with E-state index in [1.807, 2.05) is 0 Å². The van der Waals surface area contributed by atoms with Gasteiger partial charge in [-0.2, -0.15) is 0 Å². The topological polar surface area (TPSA) is 98.7 Å². The van der Waals surface area contributed by atoms with Crippen molar-refractivity contribution in [2.75, 3.05) is 13.6 Å². The molecule has 7 nitrogen and oxygen atoms in total. The number of carbonyl (C=O) groups excluding carboxylic acids is 2. The van der Waals surface area contributed by atoms with Gasteiger partial charge in [0.25, 0.3) is 0 Å². The average molecular weight is 243 g/mol. The van der Waals surface area contributed by atoms with Crippen LogP contribution in [0.2, 0.25) is 0 Å². The molecular formula is C10H17N3O4. The molecule has 1 fully saturated rings. The van der Waals surface area contributed by atoms with Crippen molar-refractivity contribution in [2.24, 2.45) is 0 Å². The van der Waals surface area contributed by atoms with Crippen LogP contribution < -0.4 is 10.6 Å². The molecule has 1 saturated heterocycles. The maximum absolute atomic E-state index is 11.5. The van der Waals surface area contributed by atoms with Gasteiger partial charge in [0.05, 0.1) is 0 Å². The van der Waals surface area contributed by atoms with E-state index in [2.05, 4.69) is 10.6 Å². The number of carbonyl (C=O) groups is 3. The first-order valence-corrected chi connectivity index (χ1v) is 5.50. The number of carboxylic acid groups (broad SMARTS) is 1. The summed E-state index contributed by atoms with van der Waals surface area (Å²) in [6, 6.07) is -2.09. The molecule has 0 bridgehead atoms. The zero-order valence-corrected chi connectivity index (χ0v) is 9.90. The molecule has 2 atom stereocenters. The summed E-state index contributed by atoms with van der Waals surface area (Å²) in [6.07, 6.45) is 0.841. The number of hydrogen-bond donors (Lipinski definition) is 3. The number of likely N-dealkylation sites (N-methyl/N-ethyl adjacent to an activating group) is 1. The maximum Gasteiger partial charge on any atom is 0.326 e. The van der Waals surface area contributed by atoms with Gasteiger partial charge in [-0.3, -0.25) is 4.79 Å². The molecule has 0 aromatic carbocycles. The average Bonchev–Trinajstić information content (AvgIpc) is 2.57. The van der Waals surface area contributed by atoms with Crippen LogP contribution in [0.5, 0.6) is 0 Å². The van der Waals surface area contributed by atoms with Gasteiger partial charge >= 0.3 is 12.0 Å². The number of aliphatic carboxylic acids is 1. The summed E-state index contributed by atoms with van der Waals surface area (Å²) in [7, 11) is 1.66. The Morgan fingerprint density at radius 3 is 2.65 bits per heavy atom. The van der Waals surface area contributed by atoms with E-state index in [9.17, 15) is 14.4 Å². The van der Waals surface area contributed by atoms with E-state index >= 15 is 0 Å². The van der Waals surface area contributed by atoms with Crippen molar-refractivity contribution in [3.05, 3.63) is 0 Å². The number of hydrogen-bond acceptors (Lipinski definition) is 3. The van der Waals surface area contributed by atoms with Crippen molar-refractivity contribution >= 4 is 17.9 Å². The maximum atomic E-state index is 11.5. The standard InChI is InChI=1S/C10H17N3O4/c1-3-6(9(15)16)11-10(17)12-7-4-5-13(2)8(7)14/h6-7H,3-5H2,1-2H3,(H,15,16)(H2,11,12,17)/t6-,7?/m0/s1. The lowest BCUT2D eigenvalue weighted by molar-refractivity contribution is -0.139. The Morgan fingerprint density at radius 2 is 2.24 bits per heavy atom. The molecule has 0 aromatic rings. The van der Waals surface area contributed by atoms with Crippen LogP contribution in [0.3, 0.4) is 0 Å². The third-order valence-corrected chi connectivity index (χ3v) is 2.74. The lowest BCUT2D eigenvalue weighted by Gasteiger charge is -2.16. The van der Waals surface area contributed by atoms with Crippen LogP contribution in [0.1, 0.15) is 19.8 Å². The molecule has 96 valence electrons. The van der Waals surface area contributed by atoms with Gasteiger partial charge in [-0.1, -0.05) is 6.92 Å². The van der Waals surface area contributed by atoms with E-state index < -0.39 is 24.1 Å². The van der Waals surface area contributed by atoms with E-state index in [-0.39, 0.29) is 5.91 Å². The molecule has 0 aliphatic carbocycles. The zero-order chi connectivity index (χ0) is 13.0. The predicted molar refractivity (Wildman–Crippen MR) is 59.4 cm³/mol. The minimum Gasteiger partial charge on any atom is -0.480 e. The summed E-state index contributed by atoms with van der Waals surface area (Å²) < 4.78 is 0. The Kier molecular flexibility index (Phi) is 4.30. The minimum absolute atomic E-state index is 0.150. The first-order chi connectivity index (χ1) is 7.95. The SMILES string of the molecule is CC[C@H](NC(=O)NC1CCN(C)C1=O)C(=O)O. The van der Waals surface area contributed by atoms with Gasteiger partial charge < -0.3 is 20.6 Å². The van der Waals surface area contributed by atoms with Gasteiger partial charge in [0.1, 0.15) is 12.1 Å². The quantitative estimate of drug-likeness (QED) is 0.612. The molecule has 0 radical (unpaired) electrons. The second-order valence-electron chi connectivity index (χ2n) is 4.02. The van der Waals surface area contributed by atoms with E-state index in [1.54, 1.807) is 14.0 Å². The van der Waals surface area contributed by atoms with E-state index in [4.69, 9.17) is 5.11 Å². The van der Waals surface area contributed by atoms with Gasteiger partial charge in [0.15, 0.2) is 0 Å². The molecule has 1 aliphatic heterocycles. The molecule has 1 rings (SSSR count). The van der Waals surface area contributed by atoms with Gasteiger partial charge in [-0.15, -0.1) is 0 Å². The monoisotopic (exact) mass is 243 g/mol. The Morgan fingerprint density at radius 1 is 1.59 bits per heavy atom. The Bertz CT molecular complexity index is 332. The molecule has 0 spiro atoms. The van der Waals surface area contributed by atoms with Gasteiger partial charge in [0, 0.05) is 13.6 Å². The molecule has 3 amide bonds. The van der Waals surface area contributed by atoms with E-state index in [0.29, 0.717) is 19.4 Å². The summed E-state index contributed by atoms with van der Waals surface area (Å²) in [5, 5.41) is 13.5. The largest absolute Gasteiger partial charge is 0.480 e. The highest BCUT2D eigenvalue weighted by molar-refractivity contribution is 5.89. The number of likely N-dealkylation sites (tertiary alicyclic amines) is 1. The first kappa shape index (κ1) is 13.3. The van der Waals surface area contributed by atoms with Crippen molar-refractivity contribution < 1.29 is 19.5 Å². The molecule has 3 N–H and O–H groups in total. The first-order valence-electron chi connectivity index (χ1n) is 5.50. The van der Waals surface area contributed by atoms with Gasteiger partial charge in [0.2, 0.25) is 5.91 Å². The number of nitrogens with zero attached hydrogens (tertiary/aromatic N) is 1. The lowest BCUT2D eigenvalue weighted by atomic mass is 10.2. The third-order valence-electron chi connectivity index (χ3n) is 2.74. The normalized spacial score (nSPS) is 21.2. The van der Waals surface area contributed by atoms with Crippen molar-refractivity contribution in [3.8, 4) is 0 Å². The fourth-order valence-electron chi connectivity index (χ4n) is 1.65. The highest BCUT2D eigenvalue weighted by atomic mass is 16.4. The lowest BCUT2D eigenvalue weighted by Crippen LogP contribution is -2.50. The van der Waals surface area contributed by atoms with Crippen LogP contribution in [0, 0.1) is 0 Å². The van der Waals surface area contributed by atoms with Crippen molar-refractivity contribution in [1.29, 1.82) is 0 Å². The van der Waals surface area contributed by atoms with Gasteiger partial charge in [-0.25, -0.2) is 9.59 Å². The zero-order valence-electron chi connectivity index (χ0n) is 9.90. The minimum atomic E-state index is -1.09. The van der Waals surface area contributed by atoms with E-state index in [1.165, 1.54) is 4.90 Å². The van der Waals surface area contributed by atoms with Crippen molar-refractivity contribution in [2.45, 2.75) is 31.8 Å². The molecule has 7 heteroatoms. The van der Waals surface area contributed by atoms with E-state index in [0.717, 1.165) is 0 Å². The Labute approximate surface area is 99.2 Å². The second-order valence-corrected chi connectivity index (χ2v) is 4.02. The number of amides is 3. The third kappa shape index (κ3) is 3.33. The summed E-state index contributed by atoms with van der Waals surface area (Å²) in [5.74, 6) is -1.24. The molecule has 0 aromatic heterocycles. The highest BCUT2D eigenvalue weighted by Gasteiger charge is 2.30.